The molecule has 0 radical (unpaired) electrons. The maximum Gasteiger partial charge on any atom is 0.419 e. The first-order chi connectivity index (χ1) is 10.1. The summed E-state index contributed by atoms with van der Waals surface area (Å²) in [5, 5.41) is 29.7. The Kier molecular flexibility index (Phi) is 5.05. The van der Waals surface area contributed by atoms with Crippen LogP contribution in [0.5, 0.6) is 0 Å². The first-order valence-corrected chi connectivity index (χ1v) is 6.01. The summed E-state index contributed by atoms with van der Waals surface area (Å²) >= 11 is 2.66. The Morgan fingerprint density at radius 1 is 1.55 bits per heavy atom. The van der Waals surface area contributed by atoms with Gasteiger partial charge in [-0.3, -0.25) is 20.9 Å². The molecule has 0 aromatic heterocycles. The van der Waals surface area contributed by atoms with E-state index in [1.807, 2.05) is 0 Å². The molecule has 8 nitrogen and oxygen atoms in total. The van der Waals surface area contributed by atoms with Gasteiger partial charge in [0, 0.05) is 10.5 Å². The van der Waals surface area contributed by atoms with Gasteiger partial charge < -0.3 is 5.73 Å². The van der Waals surface area contributed by atoms with Crippen LogP contribution in [-0.2, 0) is 6.18 Å². The second kappa shape index (κ2) is 6.39. The SMILES string of the molecule is N#C/C(=N\Nc1c([N+](=O)[O-])ccc(Br)c1C(F)(F)F)C(=N)N. The molecule has 1 aromatic rings. The zero-order valence-corrected chi connectivity index (χ0v) is 12.0. The molecule has 1 aromatic carbocycles. The zero-order chi connectivity index (χ0) is 17.1. The van der Waals surface area contributed by atoms with Gasteiger partial charge in [0.2, 0.25) is 5.71 Å². The number of halogens is 4. The number of alkyl halides is 3. The molecule has 116 valence electrons. The van der Waals surface area contributed by atoms with Gasteiger partial charge in [0.05, 0.1) is 4.92 Å². The molecule has 0 fully saturated rings. The molecule has 0 aliphatic carbocycles. The lowest BCUT2D eigenvalue weighted by molar-refractivity contribution is -0.384. The first kappa shape index (κ1) is 17.4. The Morgan fingerprint density at radius 3 is 2.55 bits per heavy atom. The highest BCUT2D eigenvalue weighted by atomic mass is 79.9. The molecular weight excluding hydrogens is 373 g/mol. The quantitative estimate of drug-likeness (QED) is 0.319. The van der Waals surface area contributed by atoms with Crippen molar-refractivity contribution < 1.29 is 18.1 Å². The molecular formula is C10H6BrF3N6O2. The number of hydrazone groups is 1. The molecule has 0 bridgehead atoms. The fourth-order valence-electron chi connectivity index (χ4n) is 1.37. The fourth-order valence-corrected chi connectivity index (χ4v) is 1.92. The van der Waals surface area contributed by atoms with E-state index in [2.05, 4.69) is 21.0 Å². The molecule has 0 saturated heterocycles. The largest absolute Gasteiger partial charge is 0.419 e. The summed E-state index contributed by atoms with van der Waals surface area (Å²) in [6.07, 6.45) is -4.92. The molecule has 12 heteroatoms. The van der Waals surface area contributed by atoms with Crippen molar-refractivity contribution in [3.63, 3.8) is 0 Å². The summed E-state index contributed by atoms with van der Waals surface area (Å²) in [7, 11) is 0. The van der Waals surface area contributed by atoms with Crippen molar-refractivity contribution >= 4 is 38.9 Å². The summed E-state index contributed by atoms with van der Waals surface area (Å²) in [6, 6.07) is 3.07. The van der Waals surface area contributed by atoms with Crippen molar-refractivity contribution in [1.82, 2.24) is 0 Å². The van der Waals surface area contributed by atoms with E-state index in [1.165, 1.54) is 6.07 Å². The third-order valence-electron chi connectivity index (χ3n) is 2.25. The Labute approximate surface area is 129 Å². The van der Waals surface area contributed by atoms with Crippen molar-refractivity contribution in [3.05, 3.63) is 32.3 Å². The molecule has 1 rings (SSSR count). The Bertz CT molecular complexity index is 710. The molecule has 0 atom stereocenters. The predicted octanol–water partition coefficient (Wildman–Crippen LogP) is 2.60. The Hall–Kier alpha value is -2.68. The van der Waals surface area contributed by atoms with E-state index in [0.717, 1.165) is 12.1 Å². The first-order valence-electron chi connectivity index (χ1n) is 5.21. The lowest BCUT2D eigenvalue weighted by Crippen LogP contribution is -2.22. The molecule has 22 heavy (non-hydrogen) atoms. The predicted molar refractivity (Wildman–Crippen MR) is 74.4 cm³/mol. The number of nitrogens with zero attached hydrogens (tertiary/aromatic N) is 3. The van der Waals surface area contributed by atoms with Crippen LogP contribution in [-0.4, -0.2) is 16.5 Å². The maximum atomic E-state index is 13.0. The number of benzene rings is 1. The number of nitro groups is 1. The molecule has 0 saturated carbocycles. The van der Waals surface area contributed by atoms with Gasteiger partial charge in [-0.25, -0.2) is 0 Å². The summed E-state index contributed by atoms with van der Waals surface area (Å²) in [4.78, 5) is 9.82. The van der Waals surface area contributed by atoms with Gasteiger partial charge in [-0.2, -0.15) is 23.5 Å². The van der Waals surface area contributed by atoms with Crippen LogP contribution in [0.2, 0.25) is 0 Å². The molecule has 4 N–H and O–H groups in total. The Morgan fingerprint density at radius 2 is 2.14 bits per heavy atom. The van der Waals surface area contributed by atoms with Crippen molar-refractivity contribution in [2.45, 2.75) is 6.18 Å². The van der Waals surface area contributed by atoms with E-state index < -0.39 is 44.1 Å². The molecule has 0 unspecified atom stereocenters. The van der Waals surface area contributed by atoms with Gasteiger partial charge in [-0.1, -0.05) is 15.9 Å². The molecule has 0 aliphatic heterocycles. The van der Waals surface area contributed by atoms with E-state index >= 15 is 0 Å². The average molecular weight is 379 g/mol. The highest BCUT2D eigenvalue weighted by Gasteiger charge is 2.39. The van der Waals surface area contributed by atoms with Gasteiger partial charge in [0.25, 0.3) is 5.69 Å². The molecule has 0 heterocycles. The van der Waals surface area contributed by atoms with Crippen molar-refractivity contribution in [2.75, 3.05) is 5.43 Å². The number of anilines is 1. The number of hydrogen-bond acceptors (Lipinski definition) is 6. The molecule has 0 spiro atoms. The number of nitriles is 1. The van der Waals surface area contributed by atoms with Gasteiger partial charge in [-0.15, -0.1) is 0 Å². The minimum absolute atomic E-state index is 0.454. The highest BCUT2D eigenvalue weighted by molar-refractivity contribution is 9.10. The van der Waals surface area contributed by atoms with Gasteiger partial charge in [0.1, 0.15) is 17.3 Å². The number of nitro benzene ring substituents is 1. The van der Waals surface area contributed by atoms with Crippen molar-refractivity contribution in [3.8, 4) is 6.07 Å². The number of rotatable bonds is 4. The van der Waals surface area contributed by atoms with E-state index in [4.69, 9.17) is 16.4 Å². The van der Waals surface area contributed by atoms with Crippen LogP contribution in [0.3, 0.4) is 0 Å². The number of amidine groups is 1. The van der Waals surface area contributed by atoms with Crippen LogP contribution in [0.15, 0.2) is 21.7 Å². The lowest BCUT2D eigenvalue weighted by atomic mass is 10.1. The van der Waals surface area contributed by atoms with Crippen LogP contribution in [0, 0.1) is 26.9 Å². The van der Waals surface area contributed by atoms with Crippen LogP contribution >= 0.6 is 15.9 Å². The minimum Gasteiger partial charge on any atom is -0.382 e. The standard InChI is InChI=1S/C10H6BrF3N6O2/c11-4-1-2-6(20(21)22)8(7(4)10(12,13)14)19-18-5(3-15)9(16)17/h1-2,19H,(H3,16,17)/b18-5+. The third kappa shape index (κ3) is 3.70. The topological polar surface area (TPSA) is 141 Å². The normalized spacial score (nSPS) is 11.7. The van der Waals surface area contributed by atoms with E-state index in [0.29, 0.717) is 0 Å². The van der Waals surface area contributed by atoms with E-state index in [9.17, 15) is 23.3 Å². The number of nitrogens with one attached hydrogen (secondary N) is 2. The zero-order valence-electron chi connectivity index (χ0n) is 10.4. The second-order valence-electron chi connectivity index (χ2n) is 3.67. The average Bonchev–Trinajstić information content (AvgIpc) is 2.36. The van der Waals surface area contributed by atoms with Crippen LogP contribution in [0.1, 0.15) is 5.56 Å². The summed E-state index contributed by atoms with van der Waals surface area (Å²) in [5.41, 5.74) is 2.82. The fraction of sp³-hybridized carbons (Fsp3) is 0.100. The van der Waals surface area contributed by atoms with Gasteiger partial charge in [-0.05, 0) is 6.07 Å². The summed E-state index contributed by atoms with van der Waals surface area (Å²) in [5.74, 6) is -0.804. The monoisotopic (exact) mass is 378 g/mol. The highest BCUT2D eigenvalue weighted by Crippen LogP contribution is 2.44. The maximum absolute atomic E-state index is 13.0. The number of hydrogen-bond donors (Lipinski definition) is 3. The van der Waals surface area contributed by atoms with Crippen LogP contribution < -0.4 is 11.2 Å². The lowest BCUT2D eigenvalue weighted by Gasteiger charge is -2.14. The molecule has 0 amide bonds. The smallest absolute Gasteiger partial charge is 0.382 e. The van der Waals surface area contributed by atoms with Gasteiger partial charge in [0.15, 0.2) is 5.84 Å². The second-order valence-corrected chi connectivity index (χ2v) is 4.52. The Balaban J connectivity index is 3.56. The van der Waals surface area contributed by atoms with E-state index in [1.54, 1.807) is 5.43 Å². The van der Waals surface area contributed by atoms with Crippen molar-refractivity contribution in [1.29, 1.82) is 10.7 Å². The summed E-state index contributed by atoms with van der Waals surface area (Å²) < 4.78 is 38.7. The molecule has 0 aliphatic rings. The van der Waals surface area contributed by atoms with E-state index in [-0.39, 0.29) is 0 Å². The minimum atomic E-state index is -4.92. The van der Waals surface area contributed by atoms with Gasteiger partial charge >= 0.3 is 6.18 Å². The summed E-state index contributed by atoms with van der Waals surface area (Å²) in [6.45, 7) is 0. The van der Waals surface area contributed by atoms with Crippen LogP contribution in [0.25, 0.3) is 0 Å². The third-order valence-corrected chi connectivity index (χ3v) is 2.91. The number of nitrogens with two attached hydrogens (primary N) is 1. The van der Waals surface area contributed by atoms with Crippen molar-refractivity contribution in [2.24, 2.45) is 10.8 Å². The van der Waals surface area contributed by atoms with Crippen LogP contribution in [0.4, 0.5) is 24.5 Å².